The van der Waals surface area contributed by atoms with Gasteiger partial charge in [0, 0.05) is 27.7 Å². The molecule has 0 N–H and O–H groups in total. The number of aryl methyl sites for hydroxylation is 1. The summed E-state index contributed by atoms with van der Waals surface area (Å²) < 4.78 is 2.54. The smallest absolute Gasteiger partial charge is 0.0823 e. The number of pyridine rings is 2. The normalized spacial score (nSPS) is 15.3. The van der Waals surface area contributed by atoms with Crippen molar-refractivity contribution in [3.63, 3.8) is 0 Å². The van der Waals surface area contributed by atoms with Crippen LogP contribution in [0.5, 0.6) is 0 Å². The monoisotopic (exact) mass is 438 g/mol. The van der Waals surface area contributed by atoms with Gasteiger partial charge >= 0.3 is 0 Å². The van der Waals surface area contributed by atoms with Crippen molar-refractivity contribution in [3.8, 4) is 0 Å². The zero-order valence-electron chi connectivity index (χ0n) is 19.4. The minimum Gasteiger partial charge on any atom is -0.308 e. The molecule has 2 heteroatoms. The van der Waals surface area contributed by atoms with Crippen molar-refractivity contribution < 1.29 is 0 Å². The lowest BCUT2D eigenvalue weighted by Crippen LogP contribution is -2.02. The van der Waals surface area contributed by atoms with Crippen LogP contribution in [-0.2, 0) is 6.42 Å². The Balaban J connectivity index is 1.66. The van der Waals surface area contributed by atoms with Crippen LogP contribution >= 0.6 is 0 Å². The molecule has 1 aliphatic rings. The van der Waals surface area contributed by atoms with E-state index >= 15 is 0 Å². The van der Waals surface area contributed by atoms with Crippen LogP contribution < -0.4 is 0 Å². The van der Waals surface area contributed by atoms with Gasteiger partial charge in [0.1, 0.15) is 0 Å². The Morgan fingerprint density at radius 2 is 1.59 bits per heavy atom. The van der Waals surface area contributed by atoms with Crippen LogP contribution in [0.3, 0.4) is 0 Å². The number of hydrogen-bond acceptors (Lipinski definition) is 1. The maximum absolute atomic E-state index is 5.04. The molecule has 8 rings (SSSR count). The first-order valence-electron chi connectivity index (χ1n) is 12.7. The summed E-state index contributed by atoms with van der Waals surface area (Å²) in [5.74, 6) is 0.812. The third kappa shape index (κ3) is 2.33. The predicted molar refractivity (Wildman–Crippen MR) is 144 cm³/mol. The van der Waals surface area contributed by atoms with Gasteiger partial charge in [-0.1, -0.05) is 68.1 Å². The molecular weight excluding hydrogens is 412 g/mol. The van der Waals surface area contributed by atoms with E-state index < -0.39 is 0 Å². The van der Waals surface area contributed by atoms with Crippen LogP contribution in [0.2, 0.25) is 0 Å². The Hall–Kier alpha value is -3.65. The topological polar surface area (TPSA) is 17.3 Å². The summed E-state index contributed by atoms with van der Waals surface area (Å²) in [5, 5.41) is 9.33. The molecule has 164 valence electrons. The van der Waals surface area contributed by atoms with Gasteiger partial charge in [-0.15, -0.1) is 0 Å². The first-order chi connectivity index (χ1) is 16.8. The van der Waals surface area contributed by atoms with Gasteiger partial charge in [-0.3, -0.25) is 4.98 Å². The Morgan fingerprint density at radius 1 is 0.794 bits per heavy atom. The third-order valence-electron chi connectivity index (χ3n) is 8.50. The van der Waals surface area contributed by atoms with Crippen molar-refractivity contribution in [2.75, 3.05) is 0 Å². The van der Waals surface area contributed by atoms with Gasteiger partial charge in [0.2, 0.25) is 0 Å². The Kier molecular flexibility index (Phi) is 3.69. The maximum Gasteiger partial charge on any atom is 0.0823 e. The lowest BCUT2D eigenvalue weighted by molar-refractivity contribution is 0.548. The van der Waals surface area contributed by atoms with Crippen molar-refractivity contribution >= 4 is 59.8 Å². The zero-order chi connectivity index (χ0) is 22.4. The highest BCUT2D eigenvalue weighted by atomic mass is 14.9. The first kappa shape index (κ1) is 18.7. The van der Waals surface area contributed by atoms with Crippen LogP contribution in [0, 0.1) is 12.8 Å². The van der Waals surface area contributed by atoms with Gasteiger partial charge in [0.25, 0.3) is 0 Å². The molecule has 0 unspecified atom stereocenters. The lowest BCUT2D eigenvalue weighted by Gasteiger charge is -2.18. The minimum atomic E-state index is 0.812. The largest absolute Gasteiger partial charge is 0.308 e. The highest BCUT2D eigenvalue weighted by Gasteiger charge is 2.24. The van der Waals surface area contributed by atoms with Gasteiger partial charge in [0.15, 0.2) is 0 Å². The number of nitrogens with zero attached hydrogens (tertiary/aromatic N) is 2. The maximum atomic E-state index is 5.04. The minimum absolute atomic E-state index is 0.812. The number of benzene rings is 4. The van der Waals surface area contributed by atoms with E-state index in [9.17, 15) is 0 Å². The van der Waals surface area contributed by atoms with Crippen molar-refractivity contribution in [1.29, 1.82) is 0 Å². The average Bonchev–Trinajstić information content (AvgIpc) is 3.50. The molecule has 2 nitrogen and oxygen atoms in total. The SMILES string of the molecule is Cc1c2ccccc2cc2c3nccc4c(CC5CCCC5)cc5c6ccccc6n(c12)c5c43. The van der Waals surface area contributed by atoms with E-state index in [1.54, 1.807) is 0 Å². The molecular formula is C32H26N2. The molecule has 0 saturated heterocycles. The summed E-state index contributed by atoms with van der Waals surface area (Å²) in [6, 6.07) is 24.9. The van der Waals surface area contributed by atoms with Crippen LogP contribution in [0.15, 0.2) is 72.9 Å². The fourth-order valence-corrected chi connectivity index (χ4v) is 7.00. The molecule has 0 aliphatic heterocycles. The molecule has 1 aliphatic carbocycles. The lowest BCUT2D eigenvalue weighted by atomic mass is 9.90. The molecule has 1 saturated carbocycles. The quantitative estimate of drug-likeness (QED) is 0.195. The fourth-order valence-electron chi connectivity index (χ4n) is 7.00. The number of hydrogen-bond donors (Lipinski definition) is 0. The molecule has 0 bridgehead atoms. The molecule has 0 radical (unpaired) electrons. The highest BCUT2D eigenvalue weighted by Crippen LogP contribution is 2.44. The molecule has 0 spiro atoms. The Labute approximate surface area is 198 Å². The molecule has 0 amide bonds. The molecule has 3 heterocycles. The number of fused-ring (bicyclic) bond motifs is 7. The van der Waals surface area contributed by atoms with Crippen LogP contribution in [0.25, 0.3) is 59.8 Å². The first-order valence-corrected chi connectivity index (χ1v) is 12.7. The number of rotatable bonds is 2. The summed E-state index contributed by atoms with van der Waals surface area (Å²) in [6.45, 7) is 2.28. The average molecular weight is 439 g/mol. The summed E-state index contributed by atoms with van der Waals surface area (Å²) >= 11 is 0. The Morgan fingerprint density at radius 3 is 2.47 bits per heavy atom. The van der Waals surface area contributed by atoms with E-state index in [0.717, 1.165) is 11.4 Å². The number of aromatic nitrogens is 2. The molecule has 4 aromatic carbocycles. The van der Waals surface area contributed by atoms with Gasteiger partial charge < -0.3 is 4.40 Å². The van der Waals surface area contributed by atoms with Crippen molar-refractivity contribution in [1.82, 2.24) is 9.38 Å². The van der Waals surface area contributed by atoms with Crippen molar-refractivity contribution in [2.24, 2.45) is 5.92 Å². The van der Waals surface area contributed by atoms with Crippen LogP contribution in [0.4, 0.5) is 0 Å². The molecule has 1 fully saturated rings. The summed E-state index contributed by atoms with van der Waals surface area (Å²) in [7, 11) is 0. The van der Waals surface area contributed by atoms with E-state index in [1.807, 2.05) is 6.20 Å². The van der Waals surface area contributed by atoms with Crippen LogP contribution in [0.1, 0.15) is 36.8 Å². The molecule has 0 atom stereocenters. The van der Waals surface area contributed by atoms with Crippen LogP contribution in [-0.4, -0.2) is 9.38 Å². The zero-order valence-corrected chi connectivity index (χ0v) is 19.4. The third-order valence-corrected chi connectivity index (χ3v) is 8.50. The standard InChI is InChI=1S/C32H26N2/c1-19-23-11-5-4-10-21(23)17-27-30-29-24(14-15-33-30)22(16-20-8-2-3-9-20)18-26-25-12-6-7-13-28(25)34(31(19)27)32(26)29/h4-7,10-15,17-18,20H,2-3,8-9,16H2,1H3. The van der Waals surface area contributed by atoms with Crippen molar-refractivity contribution in [3.05, 3.63) is 84.1 Å². The number of para-hydroxylation sites is 1. The second-order valence-corrected chi connectivity index (χ2v) is 10.3. The predicted octanol–water partition coefficient (Wildman–Crippen LogP) is 8.58. The fraction of sp³-hybridized carbons (Fsp3) is 0.219. The molecule has 34 heavy (non-hydrogen) atoms. The van der Waals surface area contributed by atoms with E-state index in [4.69, 9.17) is 4.98 Å². The summed E-state index contributed by atoms with van der Waals surface area (Å²) in [6.07, 6.45) is 8.72. The molecule has 7 aromatic rings. The Bertz CT molecular complexity index is 1900. The van der Waals surface area contributed by atoms with Gasteiger partial charge in [-0.05, 0) is 70.8 Å². The second-order valence-electron chi connectivity index (χ2n) is 10.3. The van der Waals surface area contributed by atoms with Gasteiger partial charge in [-0.25, -0.2) is 0 Å². The summed E-state index contributed by atoms with van der Waals surface area (Å²) in [5.41, 5.74) is 7.90. The summed E-state index contributed by atoms with van der Waals surface area (Å²) in [4.78, 5) is 5.04. The highest BCUT2D eigenvalue weighted by molar-refractivity contribution is 6.29. The molecule has 3 aromatic heterocycles. The van der Waals surface area contributed by atoms with E-state index in [2.05, 4.69) is 78.1 Å². The van der Waals surface area contributed by atoms with E-state index in [-0.39, 0.29) is 0 Å². The van der Waals surface area contributed by atoms with Gasteiger partial charge in [-0.2, -0.15) is 0 Å². The second kappa shape index (κ2) is 6.70. The van der Waals surface area contributed by atoms with Gasteiger partial charge in [0.05, 0.1) is 22.1 Å². The van der Waals surface area contributed by atoms with E-state index in [1.165, 1.54) is 97.5 Å². The van der Waals surface area contributed by atoms with E-state index in [0.29, 0.717) is 0 Å². The van der Waals surface area contributed by atoms with Crippen molar-refractivity contribution in [2.45, 2.75) is 39.0 Å².